The maximum Gasteiger partial charge on any atom is 0.146 e. The lowest BCUT2D eigenvalue weighted by Gasteiger charge is -2.17. The van der Waals surface area contributed by atoms with Crippen molar-refractivity contribution >= 4 is 16.6 Å². The van der Waals surface area contributed by atoms with Gasteiger partial charge in [-0.3, -0.25) is 4.98 Å². The van der Waals surface area contributed by atoms with E-state index >= 15 is 0 Å². The summed E-state index contributed by atoms with van der Waals surface area (Å²) in [7, 11) is 0. The number of hydrogen-bond acceptors (Lipinski definition) is 3. The molecule has 3 heteroatoms. The molecule has 3 nitrogen and oxygen atoms in total. The van der Waals surface area contributed by atoms with Crippen LogP contribution in [0.5, 0.6) is 5.75 Å². The quantitative estimate of drug-likeness (QED) is 0.819. The molecule has 0 radical (unpaired) electrons. The Kier molecular flexibility index (Phi) is 3.47. The van der Waals surface area contributed by atoms with Gasteiger partial charge in [0.05, 0.1) is 6.10 Å². The van der Waals surface area contributed by atoms with E-state index in [1.54, 1.807) is 6.20 Å². The minimum atomic E-state index is 0.240. The maximum atomic E-state index is 5.96. The second-order valence-corrected chi connectivity index (χ2v) is 4.11. The molecular formula is C14H18N2O. The first-order valence-electron chi connectivity index (χ1n) is 6.06. The van der Waals surface area contributed by atoms with Crippen molar-refractivity contribution in [1.29, 1.82) is 0 Å². The van der Waals surface area contributed by atoms with Crippen LogP contribution in [0.3, 0.4) is 0 Å². The zero-order valence-corrected chi connectivity index (χ0v) is 10.3. The Hall–Kier alpha value is -1.77. The smallest absolute Gasteiger partial charge is 0.146 e. The molecule has 1 heterocycles. The van der Waals surface area contributed by atoms with Gasteiger partial charge in [-0.25, -0.2) is 0 Å². The molecule has 0 unspecified atom stereocenters. The van der Waals surface area contributed by atoms with Gasteiger partial charge in [0, 0.05) is 17.3 Å². The molecule has 17 heavy (non-hydrogen) atoms. The highest BCUT2D eigenvalue weighted by Gasteiger charge is 2.10. The van der Waals surface area contributed by atoms with Crippen LogP contribution in [-0.2, 0) is 0 Å². The summed E-state index contributed by atoms with van der Waals surface area (Å²) in [5.41, 5.74) is 7.51. The molecule has 0 aliphatic carbocycles. The van der Waals surface area contributed by atoms with E-state index in [4.69, 9.17) is 10.5 Å². The molecule has 0 bridgehead atoms. The third-order valence-corrected chi connectivity index (χ3v) is 2.97. The number of nitrogen functional groups attached to an aromatic ring is 1. The van der Waals surface area contributed by atoms with E-state index < -0.39 is 0 Å². The van der Waals surface area contributed by atoms with Crippen molar-refractivity contribution in [3.8, 4) is 5.75 Å². The van der Waals surface area contributed by atoms with E-state index in [0.29, 0.717) is 0 Å². The van der Waals surface area contributed by atoms with Gasteiger partial charge in [-0.15, -0.1) is 0 Å². The van der Waals surface area contributed by atoms with E-state index in [2.05, 4.69) is 18.8 Å². The van der Waals surface area contributed by atoms with Gasteiger partial charge in [-0.2, -0.15) is 0 Å². The number of hydrogen-bond donors (Lipinski definition) is 1. The Morgan fingerprint density at radius 2 is 2.00 bits per heavy atom. The predicted molar refractivity (Wildman–Crippen MR) is 71.2 cm³/mol. The molecule has 0 saturated carbocycles. The number of pyridine rings is 1. The summed E-state index contributed by atoms with van der Waals surface area (Å²) in [5.74, 6) is 0.823. The Morgan fingerprint density at radius 3 is 2.71 bits per heavy atom. The monoisotopic (exact) mass is 230 g/mol. The highest BCUT2D eigenvalue weighted by molar-refractivity contribution is 5.94. The molecule has 1 aromatic carbocycles. The van der Waals surface area contributed by atoms with Crippen molar-refractivity contribution in [2.24, 2.45) is 0 Å². The van der Waals surface area contributed by atoms with Crippen molar-refractivity contribution in [2.45, 2.75) is 32.8 Å². The molecule has 90 valence electrons. The van der Waals surface area contributed by atoms with Gasteiger partial charge >= 0.3 is 0 Å². The number of ether oxygens (including phenoxy) is 1. The fraction of sp³-hybridized carbons (Fsp3) is 0.357. The zero-order chi connectivity index (χ0) is 12.3. The molecule has 2 rings (SSSR count). The molecule has 0 aliphatic heterocycles. The summed E-state index contributed by atoms with van der Waals surface area (Å²) >= 11 is 0. The lowest BCUT2D eigenvalue weighted by molar-refractivity contribution is 0.195. The fourth-order valence-corrected chi connectivity index (χ4v) is 1.90. The van der Waals surface area contributed by atoms with E-state index in [1.165, 1.54) is 0 Å². The highest BCUT2D eigenvalue weighted by atomic mass is 16.5. The first-order chi connectivity index (χ1) is 8.26. The summed E-state index contributed by atoms with van der Waals surface area (Å²) in [6.07, 6.45) is 4.00. The van der Waals surface area contributed by atoms with E-state index in [0.717, 1.165) is 35.2 Å². The maximum absolute atomic E-state index is 5.96. The Morgan fingerprint density at radius 1 is 1.24 bits per heavy atom. The number of anilines is 1. The van der Waals surface area contributed by atoms with Crippen molar-refractivity contribution in [3.05, 3.63) is 30.5 Å². The molecular weight excluding hydrogens is 212 g/mol. The van der Waals surface area contributed by atoms with Gasteiger partial charge in [-0.1, -0.05) is 13.8 Å². The standard InChI is InChI=1S/C14H18N2O/c1-3-10(4-2)17-13-8-7-12(15)11-6-5-9-16-14(11)13/h5-10H,3-4,15H2,1-2H3. The Labute approximate surface area is 102 Å². The van der Waals surface area contributed by atoms with Crippen LogP contribution in [0.4, 0.5) is 5.69 Å². The largest absolute Gasteiger partial charge is 0.488 e. The lowest BCUT2D eigenvalue weighted by Crippen LogP contribution is -2.14. The van der Waals surface area contributed by atoms with Crippen molar-refractivity contribution in [1.82, 2.24) is 4.98 Å². The minimum Gasteiger partial charge on any atom is -0.488 e. The van der Waals surface area contributed by atoms with Crippen LogP contribution in [0.15, 0.2) is 30.5 Å². The van der Waals surface area contributed by atoms with Gasteiger partial charge in [0.2, 0.25) is 0 Å². The van der Waals surface area contributed by atoms with Gasteiger partial charge < -0.3 is 10.5 Å². The summed E-state index contributed by atoms with van der Waals surface area (Å²) in [6, 6.07) is 7.64. The third kappa shape index (κ3) is 2.33. The predicted octanol–water partition coefficient (Wildman–Crippen LogP) is 3.38. The number of nitrogens with two attached hydrogens (primary N) is 1. The normalized spacial score (nSPS) is 11.0. The molecule has 0 amide bonds. The van der Waals surface area contributed by atoms with Crippen LogP contribution in [0.25, 0.3) is 10.9 Å². The molecule has 0 atom stereocenters. The van der Waals surface area contributed by atoms with Crippen molar-refractivity contribution in [2.75, 3.05) is 5.73 Å². The molecule has 2 aromatic rings. The molecule has 0 aliphatic rings. The third-order valence-electron chi connectivity index (χ3n) is 2.97. The van der Waals surface area contributed by atoms with Crippen LogP contribution in [0.2, 0.25) is 0 Å². The molecule has 0 fully saturated rings. The Balaban J connectivity index is 2.44. The molecule has 0 saturated heterocycles. The second-order valence-electron chi connectivity index (χ2n) is 4.11. The number of nitrogens with zero attached hydrogens (tertiary/aromatic N) is 1. The van der Waals surface area contributed by atoms with Crippen LogP contribution < -0.4 is 10.5 Å². The summed E-state index contributed by atoms with van der Waals surface area (Å²) in [5, 5.41) is 0.955. The Bertz CT molecular complexity index is 507. The van der Waals surface area contributed by atoms with E-state index in [9.17, 15) is 0 Å². The average molecular weight is 230 g/mol. The van der Waals surface area contributed by atoms with E-state index in [-0.39, 0.29) is 6.10 Å². The summed E-state index contributed by atoms with van der Waals surface area (Å²) in [4.78, 5) is 4.36. The first kappa shape index (κ1) is 11.7. The van der Waals surface area contributed by atoms with Gasteiger partial charge in [0.15, 0.2) is 0 Å². The molecule has 1 aromatic heterocycles. The average Bonchev–Trinajstić information content (AvgIpc) is 2.38. The van der Waals surface area contributed by atoms with Crippen LogP contribution in [-0.4, -0.2) is 11.1 Å². The number of fused-ring (bicyclic) bond motifs is 1. The van der Waals surface area contributed by atoms with Crippen LogP contribution in [0, 0.1) is 0 Å². The summed E-state index contributed by atoms with van der Waals surface area (Å²) < 4.78 is 5.96. The van der Waals surface area contributed by atoms with Crippen LogP contribution >= 0.6 is 0 Å². The second kappa shape index (κ2) is 5.04. The molecule has 2 N–H and O–H groups in total. The van der Waals surface area contributed by atoms with Gasteiger partial charge in [-0.05, 0) is 37.1 Å². The zero-order valence-electron chi connectivity index (χ0n) is 10.3. The lowest BCUT2D eigenvalue weighted by atomic mass is 10.1. The topological polar surface area (TPSA) is 48.1 Å². The molecule has 0 spiro atoms. The summed E-state index contributed by atoms with van der Waals surface area (Å²) in [6.45, 7) is 4.25. The van der Waals surface area contributed by atoms with Crippen LogP contribution in [0.1, 0.15) is 26.7 Å². The SMILES string of the molecule is CCC(CC)Oc1ccc(N)c2cccnc12. The van der Waals surface area contributed by atoms with Gasteiger partial charge in [0.1, 0.15) is 11.3 Å². The van der Waals surface area contributed by atoms with Gasteiger partial charge in [0.25, 0.3) is 0 Å². The first-order valence-corrected chi connectivity index (χ1v) is 6.06. The number of aromatic nitrogens is 1. The van der Waals surface area contributed by atoms with E-state index in [1.807, 2.05) is 24.3 Å². The van der Waals surface area contributed by atoms with Crippen molar-refractivity contribution < 1.29 is 4.74 Å². The highest BCUT2D eigenvalue weighted by Crippen LogP contribution is 2.29. The number of benzene rings is 1. The van der Waals surface area contributed by atoms with Crippen molar-refractivity contribution in [3.63, 3.8) is 0 Å². The number of rotatable bonds is 4. The fourth-order valence-electron chi connectivity index (χ4n) is 1.90. The minimum absolute atomic E-state index is 0.240.